The molecule has 4 heteroatoms. The molecule has 3 rings (SSSR count). The van der Waals surface area contributed by atoms with Gasteiger partial charge < -0.3 is 0 Å². The van der Waals surface area contributed by atoms with Gasteiger partial charge in [0.1, 0.15) is 0 Å². The standard InChI is InChI=1S/C17H22N4/c1-13-5-6-15(9-19-13)11-21-7-3-4-16(12-21)17-10-18-8-14(2)20-17/h5-6,8-10,16H,3-4,7,11-12H2,1-2H3/t16-/m1/s1. The molecule has 0 amide bonds. The van der Waals surface area contributed by atoms with E-state index < -0.39 is 0 Å². The van der Waals surface area contributed by atoms with Crippen LogP contribution in [0.5, 0.6) is 0 Å². The average molecular weight is 282 g/mol. The van der Waals surface area contributed by atoms with Crippen molar-refractivity contribution in [1.29, 1.82) is 0 Å². The molecular formula is C17H22N4. The Balaban J connectivity index is 1.67. The second-order valence-electron chi connectivity index (χ2n) is 5.97. The number of piperidine rings is 1. The van der Waals surface area contributed by atoms with Gasteiger partial charge >= 0.3 is 0 Å². The zero-order chi connectivity index (χ0) is 14.7. The van der Waals surface area contributed by atoms with Crippen LogP contribution in [0.15, 0.2) is 30.7 Å². The van der Waals surface area contributed by atoms with Crippen LogP contribution in [0.1, 0.15) is 41.4 Å². The summed E-state index contributed by atoms with van der Waals surface area (Å²) in [7, 11) is 0. The van der Waals surface area contributed by atoms with Crippen LogP contribution in [0.25, 0.3) is 0 Å². The van der Waals surface area contributed by atoms with Gasteiger partial charge in [0, 0.05) is 43.3 Å². The lowest BCUT2D eigenvalue weighted by Gasteiger charge is -2.32. The second-order valence-corrected chi connectivity index (χ2v) is 5.97. The van der Waals surface area contributed by atoms with E-state index >= 15 is 0 Å². The summed E-state index contributed by atoms with van der Waals surface area (Å²) >= 11 is 0. The van der Waals surface area contributed by atoms with Crippen molar-refractivity contribution in [3.63, 3.8) is 0 Å². The number of aryl methyl sites for hydroxylation is 2. The van der Waals surface area contributed by atoms with Gasteiger partial charge in [-0.1, -0.05) is 6.07 Å². The second kappa shape index (κ2) is 6.31. The molecule has 4 nitrogen and oxygen atoms in total. The van der Waals surface area contributed by atoms with Gasteiger partial charge in [-0.3, -0.25) is 19.9 Å². The van der Waals surface area contributed by atoms with Crippen LogP contribution < -0.4 is 0 Å². The summed E-state index contributed by atoms with van der Waals surface area (Å²) in [5.74, 6) is 0.504. The molecule has 21 heavy (non-hydrogen) atoms. The van der Waals surface area contributed by atoms with Gasteiger partial charge in [0.2, 0.25) is 0 Å². The van der Waals surface area contributed by atoms with Crippen molar-refractivity contribution in [1.82, 2.24) is 19.9 Å². The molecule has 1 atom stereocenters. The molecule has 1 saturated heterocycles. The quantitative estimate of drug-likeness (QED) is 0.868. The van der Waals surface area contributed by atoms with Crippen molar-refractivity contribution < 1.29 is 0 Å². The van der Waals surface area contributed by atoms with E-state index in [0.717, 1.165) is 36.7 Å². The topological polar surface area (TPSA) is 41.9 Å². The number of pyridine rings is 1. The maximum absolute atomic E-state index is 4.65. The van der Waals surface area contributed by atoms with Crippen LogP contribution in [0.2, 0.25) is 0 Å². The monoisotopic (exact) mass is 282 g/mol. The predicted octanol–water partition coefficient (Wildman–Crippen LogP) is 2.87. The van der Waals surface area contributed by atoms with Crippen molar-refractivity contribution in [2.75, 3.05) is 13.1 Å². The first-order chi connectivity index (χ1) is 10.2. The van der Waals surface area contributed by atoms with Gasteiger partial charge in [-0.05, 0) is 44.9 Å². The smallest absolute Gasteiger partial charge is 0.0633 e. The summed E-state index contributed by atoms with van der Waals surface area (Å²) in [4.78, 5) is 15.8. The van der Waals surface area contributed by atoms with Crippen molar-refractivity contribution in [2.45, 2.75) is 39.2 Å². The summed E-state index contributed by atoms with van der Waals surface area (Å²) in [5, 5.41) is 0. The SMILES string of the molecule is Cc1ccc(CN2CCC[C@@H](c3cncc(C)n3)C2)cn1. The molecule has 1 aliphatic heterocycles. The number of likely N-dealkylation sites (tertiary alicyclic amines) is 1. The fourth-order valence-electron chi connectivity index (χ4n) is 2.97. The number of rotatable bonds is 3. The lowest BCUT2D eigenvalue weighted by molar-refractivity contribution is 0.198. The Bertz CT molecular complexity index is 594. The molecule has 3 heterocycles. The van der Waals surface area contributed by atoms with E-state index in [0.29, 0.717) is 5.92 Å². The van der Waals surface area contributed by atoms with Crippen molar-refractivity contribution >= 4 is 0 Å². The molecule has 0 aliphatic carbocycles. The third-order valence-corrected chi connectivity index (χ3v) is 4.08. The van der Waals surface area contributed by atoms with Crippen molar-refractivity contribution in [3.8, 4) is 0 Å². The third kappa shape index (κ3) is 3.64. The number of nitrogens with zero attached hydrogens (tertiary/aromatic N) is 4. The zero-order valence-electron chi connectivity index (χ0n) is 12.8. The molecule has 0 aromatic carbocycles. The summed E-state index contributed by atoms with van der Waals surface area (Å²) < 4.78 is 0. The Hall–Kier alpha value is -1.81. The van der Waals surface area contributed by atoms with Crippen LogP contribution in [-0.4, -0.2) is 32.9 Å². The van der Waals surface area contributed by atoms with E-state index in [-0.39, 0.29) is 0 Å². The Morgan fingerprint density at radius 2 is 2.05 bits per heavy atom. The first kappa shape index (κ1) is 14.1. The largest absolute Gasteiger partial charge is 0.298 e. The molecule has 1 aliphatic rings. The van der Waals surface area contributed by atoms with E-state index in [2.05, 4.69) is 32.0 Å². The maximum Gasteiger partial charge on any atom is 0.0633 e. The molecule has 110 valence electrons. The fraction of sp³-hybridized carbons (Fsp3) is 0.471. The van der Waals surface area contributed by atoms with Gasteiger partial charge in [-0.2, -0.15) is 0 Å². The Labute approximate surface area is 126 Å². The summed E-state index contributed by atoms with van der Waals surface area (Å²) in [6.45, 7) is 7.23. The number of aromatic nitrogens is 3. The molecule has 0 bridgehead atoms. The lowest BCUT2D eigenvalue weighted by Crippen LogP contribution is -2.34. The molecule has 0 radical (unpaired) electrons. The highest BCUT2D eigenvalue weighted by atomic mass is 15.1. The van der Waals surface area contributed by atoms with E-state index in [1.165, 1.54) is 18.4 Å². The normalized spacial score (nSPS) is 19.6. The fourth-order valence-corrected chi connectivity index (χ4v) is 2.97. The number of hydrogen-bond donors (Lipinski definition) is 0. The van der Waals surface area contributed by atoms with E-state index in [1.807, 2.05) is 32.4 Å². The Kier molecular flexibility index (Phi) is 4.25. The Morgan fingerprint density at radius 1 is 1.14 bits per heavy atom. The minimum atomic E-state index is 0.504. The van der Waals surface area contributed by atoms with E-state index in [4.69, 9.17) is 0 Å². The minimum absolute atomic E-state index is 0.504. The minimum Gasteiger partial charge on any atom is -0.298 e. The molecule has 2 aromatic heterocycles. The number of hydrogen-bond acceptors (Lipinski definition) is 4. The van der Waals surface area contributed by atoms with Gasteiger partial charge in [0.25, 0.3) is 0 Å². The van der Waals surface area contributed by atoms with Gasteiger partial charge in [-0.25, -0.2) is 0 Å². The maximum atomic E-state index is 4.65. The van der Waals surface area contributed by atoms with Crippen molar-refractivity contribution in [3.05, 3.63) is 53.4 Å². The zero-order valence-corrected chi connectivity index (χ0v) is 12.8. The molecule has 0 N–H and O–H groups in total. The van der Waals surface area contributed by atoms with Crippen molar-refractivity contribution in [2.24, 2.45) is 0 Å². The van der Waals surface area contributed by atoms with E-state index in [9.17, 15) is 0 Å². The molecule has 2 aromatic rings. The van der Waals surface area contributed by atoms with Crippen LogP contribution in [0.4, 0.5) is 0 Å². The van der Waals surface area contributed by atoms with E-state index in [1.54, 1.807) is 0 Å². The first-order valence-electron chi connectivity index (χ1n) is 7.63. The highest BCUT2D eigenvalue weighted by Crippen LogP contribution is 2.26. The third-order valence-electron chi connectivity index (χ3n) is 4.08. The molecular weight excluding hydrogens is 260 g/mol. The highest BCUT2D eigenvalue weighted by Gasteiger charge is 2.22. The first-order valence-corrected chi connectivity index (χ1v) is 7.63. The van der Waals surface area contributed by atoms with Gasteiger partial charge in [-0.15, -0.1) is 0 Å². The van der Waals surface area contributed by atoms with Gasteiger partial charge in [0.05, 0.1) is 11.4 Å². The predicted molar refractivity (Wildman–Crippen MR) is 83.0 cm³/mol. The molecule has 0 unspecified atom stereocenters. The van der Waals surface area contributed by atoms with Crippen LogP contribution in [-0.2, 0) is 6.54 Å². The summed E-state index contributed by atoms with van der Waals surface area (Å²) in [6, 6.07) is 4.27. The summed E-state index contributed by atoms with van der Waals surface area (Å²) in [6.07, 6.45) is 8.17. The highest BCUT2D eigenvalue weighted by molar-refractivity contribution is 5.14. The van der Waals surface area contributed by atoms with Crippen LogP contribution in [0.3, 0.4) is 0 Å². The van der Waals surface area contributed by atoms with Crippen LogP contribution >= 0.6 is 0 Å². The van der Waals surface area contributed by atoms with Gasteiger partial charge in [0.15, 0.2) is 0 Å². The molecule has 0 saturated carbocycles. The Morgan fingerprint density at radius 3 is 2.81 bits per heavy atom. The molecule has 0 spiro atoms. The average Bonchev–Trinajstić information content (AvgIpc) is 2.50. The lowest BCUT2D eigenvalue weighted by atomic mass is 9.94. The molecule has 1 fully saturated rings. The summed E-state index contributed by atoms with van der Waals surface area (Å²) in [5.41, 5.74) is 4.51. The van der Waals surface area contributed by atoms with Crippen LogP contribution in [0, 0.1) is 13.8 Å².